The van der Waals surface area contributed by atoms with Gasteiger partial charge in [0.05, 0.1) is 6.04 Å². The predicted molar refractivity (Wildman–Crippen MR) is 83.4 cm³/mol. The van der Waals surface area contributed by atoms with Gasteiger partial charge < -0.3 is 14.7 Å². The van der Waals surface area contributed by atoms with E-state index in [0.717, 1.165) is 12.0 Å². The largest absolute Gasteiger partial charge is 0.508 e. The molecule has 5 heteroatoms. The lowest BCUT2D eigenvalue weighted by Crippen LogP contribution is -2.31. The van der Waals surface area contributed by atoms with Gasteiger partial charge in [0.15, 0.2) is 0 Å². The van der Waals surface area contributed by atoms with Crippen molar-refractivity contribution >= 4 is 6.09 Å². The molecule has 1 atom stereocenters. The Kier molecular flexibility index (Phi) is 4.46. The Bertz CT molecular complexity index is 690. The van der Waals surface area contributed by atoms with Crippen LogP contribution in [-0.4, -0.2) is 22.6 Å². The van der Waals surface area contributed by atoms with E-state index in [0.29, 0.717) is 18.5 Å². The van der Waals surface area contributed by atoms with E-state index in [1.165, 1.54) is 18.2 Å². The number of amides is 1. The molecule has 1 fully saturated rings. The molecule has 0 radical (unpaired) electrons. The number of benzene rings is 2. The second-order valence-electron chi connectivity index (χ2n) is 5.59. The van der Waals surface area contributed by atoms with Gasteiger partial charge in [-0.15, -0.1) is 0 Å². The molecule has 3 rings (SSSR count). The molecule has 1 amide bonds. The monoisotopic (exact) mass is 315 g/mol. The first-order valence-electron chi connectivity index (χ1n) is 7.61. The van der Waals surface area contributed by atoms with Crippen LogP contribution in [0.1, 0.15) is 30.0 Å². The summed E-state index contributed by atoms with van der Waals surface area (Å²) in [5.41, 5.74) is 1.34. The van der Waals surface area contributed by atoms with Gasteiger partial charge in [0.2, 0.25) is 0 Å². The average Bonchev–Trinajstić information content (AvgIpc) is 3.05. The molecule has 1 aliphatic rings. The van der Waals surface area contributed by atoms with Crippen molar-refractivity contribution in [2.45, 2.75) is 25.5 Å². The number of rotatable bonds is 3. The Morgan fingerprint density at radius 2 is 2.04 bits per heavy atom. The molecular weight excluding hydrogens is 297 g/mol. The van der Waals surface area contributed by atoms with Crippen molar-refractivity contribution in [2.75, 3.05) is 6.54 Å². The van der Waals surface area contributed by atoms with Crippen LogP contribution in [0.3, 0.4) is 0 Å². The fraction of sp³-hybridized carbons (Fsp3) is 0.278. The Labute approximate surface area is 134 Å². The molecule has 0 spiro atoms. The highest BCUT2D eigenvalue weighted by atomic mass is 19.1. The maximum Gasteiger partial charge on any atom is 0.410 e. The third-order valence-electron chi connectivity index (χ3n) is 4.04. The van der Waals surface area contributed by atoms with Crippen molar-refractivity contribution < 1.29 is 19.0 Å². The molecular formula is C18H18FNO3. The molecule has 2 aromatic carbocycles. The van der Waals surface area contributed by atoms with Gasteiger partial charge in [0, 0.05) is 12.1 Å². The van der Waals surface area contributed by atoms with E-state index < -0.39 is 11.9 Å². The summed E-state index contributed by atoms with van der Waals surface area (Å²) in [5.74, 6) is -0.429. The van der Waals surface area contributed by atoms with Gasteiger partial charge in [-0.3, -0.25) is 0 Å². The summed E-state index contributed by atoms with van der Waals surface area (Å²) in [7, 11) is 0. The highest BCUT2D eigenvalue weighted by Crippen LogP contribution is 2.37. The number of nitrogens with zero attached hydrogens (tertiary/aromatic N) is 1. The van der Waals surface area contributed by atoms with Crippen LogP contribution in [0.25, 0.3) is 0 Å². The first kappa shape index (κ1) is 15.3. The van der Waals surface area contributed by atoms with Crippen molar-refractivity contribution in [3.63, 3.8) is 0 Å². The number of aromatic hydroxyl groups is 1. The van der Waals surface area contributed by atoms with E-state index in [1.54, 1.807) is 4.90 Å². The number of hydrogen-bond donors (Lipinski definition) is 1. The normalized spacial score (nSPS) is 17.3. The number of carbonyl (C=O) groups excluding carboxylic acids is 1. The lowest BCUT2D eigenvalue weighted by molar-refractivity contribution is 0.0917. The number of phenols is 1. The minimum Gasteiger partial charge on any atom is -0.508 e. The molecule has 0 aliphatic carbocycles. The second kappa shape index (κ2) is 6.69. The molecule has 0 bridgehead atoms. The van der Waals surface area contributed by atoms with Crippen LogP contribution in [0.4, 0.5) is 9.18 Å². The molecule has 4 nitrogen and oxygen atoms in total. The van der Waals surface area contributed by atoms with Crippen LogP contribution in [0.5, 0.6) is 5.75 Å². The Hall–Kier alpha value is -2.56. The fourth-order valence-corrected chi connectivity index (χ4v) is 2.90. The summed E-state index contributed by atoms with van der Waals surface area (Å²) in [6.45, 7) is 0.728. The van der Waals surface area contributed by atoms with Crippen LogP contribution >= 0.6 is 0 Å². The second-order valence-corrected chi connectivity index (χ2v) is 5.59. The topological polar surface area (TPSA) is 49.8 Å². The van der Waals surface area contributed by atoms with Gasteiger partial charge in [0.25, 0.3) is 0 Å². The first-order chi connectivity index (χ1) is 11.1. The maximum absolute atomic E-state index is 13.5. The molecule has 0 saturated carbocycles. The number of halogens is 1. The van der Waals surface area contributed by atoms with Crippen molar-refractivity contribution in [3.8, 4) is 5.75 Å². The van der Waals surface area contributed by atoms with Crippen LogP contribution < -0.4 is 0 Å². The van der Waals surface area contributed by atoms with Gasteiger partial charge in [0.1, 0.15) is 18.2 Å². The summed E-state index contributed by atoms with van der Waals surface area (Å²) >= 11 is 0. The van der Waals surface area contributed by atoms with Crippen LogP contribution in [-0.2, 0) is 11.3 Å². The maximum atomic E-state index is 13.5. The zero-order valence-electron chi connectivity index (χ0n) is 12.6. The Morgan fingerprint density at radius 1 is 1.26 bits per heavy atom. The highest BCUT2D eigenvalue weighted by molar-refractivity contribution is 5.69. The number of phenolic OH excluding ortho intramolecular Hbond substituents is 1. The predicted octanol–water partition coefficient (Wildman–Crippen LogP) is 4.01. The van der Waals surface area contributed by atoms with Crippen LogP contribution in [0.2, 0.25) is 0 Å². The molecule has 1 heterocycles. The van der Waals surface area contributed by atoms with Crippen molar-refractivity contribution in [2.24, 2.45) is 0 Å². The lowest BCUT2D eigenvalue weighted by atomic mass is 10.0. The third kappa shape index (κ3) is 3.44. The van der Waals surface area contributed by atoms with Crippen molar-refractivity contribution in [1.29, 1.82) is 0 Å². The van der Waals surface area contributed by atoms with Gasteiger partial charge in [-0.25, -0.2) is 9.18 Å². The van der Waals surface area contributed by atoms with Crippen molar-refractivity contribution in [1.82, 2.24) is 4.90 Å². The van der Waals surface area contributed by atoms with Gasteiger partial charge in [-0.2, -0.15) is 0 Å². The minimum atomic E-state index is -0.444. The molecule has 1 saturated heterocycles. The zero-order chi connectivity index (χ0) is 16.2. The SMILES string of the molecule is O=C(OCc1ccccc1)N1CCCC1c1cc(F)ccc1O. The standard InChI is InChI=1S/C18H18FNO3/c19-14-8-9-17(21)15(11-14)16-7-4-10-20(16)18(22)23-12-13-5-2-1-3-6-13/h1-3,5-6,8-9,11,16,21H,4,7,10,12H2. The number of ether oxygens (including phenoxy) is 1. The van der Waals surface area contributed by atoms with E-state index in [4.69, 9.17) is 4.74 Å². The summed E-state index contributed by atoms with van der Waals surface area (Å²) in [6.07, 6.45) is 1.03. The lowest BCUT2D eigenvalue weighted by Gasteiger charge is -2.25. The fourth-order valence-electron chi connectivity index (χ4n) is 2.90. The number of hydrogen-bond acceptors (Lipinski definition) is 3. The highest BCUT2D eigenvalue weighted by Gasteiger charge is 2.32. The van der Waals surface area contributed by atoms with Crippen LogP contribution in [0, 0.1) is 5.82 Å². The van der Waals surface area contributed by atoms with E-state index in [9.17, 15) is 14.3 Å². The summed E-state index contributed by atoms with van der Waals surface area (Å²) < 4.78 is 18.8. The van der Waals surface area contributed by atoms with E-state index in [-0.39, 0.29) is 18.4 Å². The molecule has 23 heavy (non-hydrogen) atoms. The summed E-state index contributed by atoms with van der Waals surface area (Å²) in [5, 5.41) is 9.96. The van der Waals surface area contributed by atoms with Gasteiger partial charge >= 0.3 is 6.09 Å². The Morgan fingerprint density at radius 3 is 2.83 bits per heavy atom. The Balaban J connectivity index is 1.71. The minimum absolute atomic E-state index is 0.000778. The summed E-state index contributed by atoms with van der Waals surface area (Å²) in [4.78, 5) is 13.9. The van der Waals surface area contributed by atoms with Gasteiger partial charge in [-0.05, 0) is 36.6 Å². The van der Waals surface area contributed by atoms with E-state index >= 15 is 0 Å². The van der Waals surface area contributed by atoms with E-state index in [2.05, 4.69) is 0 Å². The molecule has 1 aliphatic heterocycles. The molecule has 1 N–H and O–H groups in total. The van der Waals surface area contributed by atoms with Gasteiger partial charge in [-0.1, -0.05) is 30.3 Å². The molecule has 1 unspecified atom stereocenters. The smallest absolute Gasteiger partial charge is 0.410 e. The summed E-state index contributed by atoms with van der Waals surface area (Å²) in [6, 6.07) is 12.9. The number of likely N-dealkylation sites (tertiary alicyclic amines) is 1. The molecule has 120 valence electrons. The van der Waals surface area contributed by atoms with E-state index in [1.807, 2.05) is 30.3 Å². The molecule has 0 aromatic heterocycles. The molecule has 2 aromatic rings. The average molecular weight is 315 g/mol. The van der Waals surface area contributed by atoms with Crippen LogP contribution in [0.15, 0.2) is 48.5 Å². The first-order valence-corrected chi connectivity index (χ1v) is 7.61. The quantitative estimate of drug-likeness (QED) is 0.931. The zero-order valence-corrected chi connectivity index (χ0v) is 12.6. The number of carbonyl (C=O) groups is 1. The third-order valence-corrected chi connectivity index (χ3v) is 4.04. The van der Waals surface area contributed by atoms with Crippen molar-refractivity contribution in [3.05, 3.63) is 65.5 Å².